The highest BCUT2D eigenvalue weighted by Gasteiger charge is 2.25. The maximum atomic E-state index is 9.54. The molecule has 0 radical (unpaired) electrons. The van der Waals surface area contributed by atoms with Gasteiger partial charge in [-0.25, -0.2) is 0 Å². The van der Waals surface area contributed by atoms with Gasteiger partial charge >= 0.3 is 0 Å². The van der Waals surface area contributed by atoms with Crippen molar-refractivity contribution in [2.75, 3.05) is 7.11 Å². The molecule has 1 aliphatic carbocycles. The highest BCUT2D eigenvalue weighted by molar-refractivity contribution is 5.40. The zero-order chi connectivity index (χ0) is 13.7. The highest BCUT2D eigenvalue weighted by Crippen LogP contribution is 2.37. The zero-order valence-corrected chi connectivity index (χ0v) is 12.0. The monoisotopic (exact) mass is 257 g/mol. The summed E-state index contributed by atoms with van der Waals surface area (Å²) in [5.41, 5.74) is 2.38. The summed E-state index contributed by atoms with van der Waals surface area (Å²) in [6.07, 6.45) is 7.23. The Morgan fingerprint density at radius 2 is 2.05 bits per heavy atom. The normalized spacial score (nSPS) is 17.7. The van der Waals surface area contributed by atoms with Crippen LogP contribution in [0.15, 0.2) is 18.2 Å². The van der Waals surface area contributed by atoms with Crippen molar-refractivity contribution < 1.29 is 4.74 Å². The number of ether oxygens (including phenoxy) is 1. The maximum absolute atomic E-state index is 9.54. The summed E-state index contributed by atoms with van der Waals surface area (Å²) in [5.74, 6) is 1.53. The Morgan fingerprint density at radius 1 is 1.32 bits per heavy atom. The van der Waals surface area contributed by atoms with Crippen molar-refractivity contribution in [2.45, 2.75) is 51.4 Å². The smallest absolute Gasteiger partial charge is 0.122 e. The van der Waals surface area contributed by atoms with Gasteiger partial charge in [-0.1, -0.05) is 38.3 Å². The van der Waals surface area contributed by atoms with Gasteiger partial charge in [0.15, 0.2) is 0 Å². The topological polar surface area (TPSA) is 33.0 Å². The molecule has 0 spiro atoms. The third kappa shape index (κ3) is 3.10. The molecule has 0 saturated heterocycles. The molecule has 1 unspecified atom stereocenters. The van der Waals surface area contributed by atoms with Crippen LogP contribution in [0.2, 0.25) is 0 Å². The summed E-state index contributed by atoms with van der Waals surface area (Å²) in [5, 5.41) is 9.54. The first kappa shape index (κ1) is 13.9. The summed E-state index contributed by atoms with van der Waals surface area (Å²) in [7, 11) is 1.71. The molecule has 0 aliphatic heterocycles. The van der Waals surface area contributed by atoms with E-state index < -0.39 is 0 Å². The van der Waals surface area contributed by atoms with Crippen molar-refractivity contribution in [1.82, 2.24) is 0 Å². The zero-order valence-electron chi connectivity index (χ0n) is 12.0. The number of benzene rings is 1. The van der Waals surface area contributed by atoms with Crippen LogP contribution in [0.25, 0.3) is 0 Å². The van der Waals surface area contributed by atoms with Crippen LogP contribution in [-0.2, 0) is 6.42 Å². The minimum Gasteiger partial charge on any atom is -0.496 e. The van der Waals surface area contributed by atoms with Crippen molar-refractivity contribution in [1.29, 1.82) is 5.26 Å². The summed E-state index contributed by atoms with van der Waals surface area (Å²) in [6.45, 7) is 2.13. The lowest BCUT2D eigenvalue weighted by molar-refractivity contribution is 0.335. The number of methoxy groups -OCH3 is 1. The number of hydrogen-bond acceptors (Lipinski definition) is 2. The Hall–Kier alpha value is -1.49. The molecule has 102 valence electrons. The molecule has 1 aliphatic rings. The van der Waals surface area contributed by atoms with E-state index >= 15 is 0 Å². The molecule has 1 aromatic carbocycles. The fraction of sp³-hybridized carbons (Fsp3) is 0.588. The Labute approximate surface area is 116 Å². The molecular formula is C17H23NO. The van der Waals surface area contributed by atoms with Crippen molar-refractivity contribution in [3.8, 4) is 11.8 Å². The summed E-state index contributed by atoms with van der Waals surface area (Å²) in [4.78, 5) is 0. The third-order valence-electron chi connectivity index (χ3n) is 4.30. The van der Waals surface area contributed by atoms with E-state index in [1.165, 1.54) is 43.2 Å². The van der Waals surface area contributed by atoms with Crippen LogP contribution < -0.4 is 4.74 Å². The molecule has 2 heteroatoms. The van der Waals surface area contributed by atoms with Gasteiger partial charge in [-0.2, -0.15) is 5.26 Å². The molecule has 1 atom stereocenters. The van der Waals surface area contributed by atoms with Crippen LogP contribution in [-0.4, -0.2) is 7.11 Å². The van der Waals surface area contributed by atoms with E-state index in [4.69, 9.17) is 4.74 Å². The van der Waals surface area contributed by atoms with E-state index in [0.717, 1.165) is 12.2 Å². The molecule has 0 amide bonds. The first-order valence-electron chi connectivity index (χ1n) is 7.36. The van der Waals surface area contributed by atoms with Crippen molar-refractivity contribution in [2.24, 2.45) is 5.92 Å². The predicted octanol–water partition coefficient (Wildman–Crippen LogP) is 4.45. The summed E-state index contributed by atoms with van der Waals surface area (Å²) in [6, 6.07) is 8.79. The van der Waals surface area contributed by atoms with Crippen LogP contribution in [0.1, 0.15) is 56.1 Å². The fourth-order valence-corrected chi connectivity index (χ4v) is 3.19. The molecule has 2 nitrogen and oxygen atoms in total. The number of aryl methyl sites for hydroxylation is 1. The molecule has 1 fully saturated rings. The van der Waals surface area contributed by atoms with Gasteiger partial charge in [0.2, 0.25) is 0 Å². The van der Waals surface area contributed by atoms with Gasteiger partial charge in [0.25, 0.3) is 0 Å². The summed E-state index contributed by atoms with van der Waals surface area (Å²) < 4.78 is 5.37. The van der Waals surface area contributed by atoms with Gasteiger partial charge in [-0.15, -0.1) is 0 Å². The number of rotatable bonds is 4. The molecule has 1 saturated carbocycles. The fourth-order valence-electron chi connectivity index (χ4n) is 3.19. The van der Waals surface area contributed by atoms with Gasteiger partial charge in [-0.05, 0) is 42.4 Å². The Bertz CT molecular complexity index is 455. The van der Waals surface area contributed by atoms with Crippen molar-refractivity contribution >= 4 is 0 Å². The van der Waals surface area contributed by atoms with Gasteiger partial charge in [-0.3, -0.25) is 0 Å². The van der Waals surface area contributed by atoms with E-state index in [0.29, 0.717) is 5.92 Å². The van der Waals surface area contributed by atoms with Gasteiger partial charge in [0, 0.05) is 0 Å². The molecule has 0 N–H and O–H groups in total. The predicted molar refractivity (Wildman–Crippen MR) is 77.3 cm³/mol. The number of hydrogen-bond donors (Lipinski definition) is 0. The van der Waals surface area contributed by atoms with Crippen LogP contribution in [0.3, 0.4) is 0 Å². The first-order valence-corrected chi connectivity index (χ1v) is 7.36. The molecule has 2 rings (SSSR count). The second-order valence-electron chi connectivity index (χ2n) is 5.43. The molecule has 19 heavy (non-hydrogen) atoms. The van der Waals surface area contributed by atoms with E-state index in [9.17, 15) is 5.26 Å². The van der Waals surface area contributed by atoms with Gasteiger partial charge in [0.1, 0.15) is 5.75 Å². The minimum absolute atomic E-state index is 0.0523. The summed E-state index contributed by atoms with van der Waals surface area (Å²) >= 11 is 0. The van der Waals surface area contributed by atoms with Crippen molar-refractivity contribution in [3.05, 3.63) is 29.3 Å². The average molecular weight is 257 g/mol. The van der Waals surface area contributed by atoms with Gasteiger partial charge < -0.3 is 4.74 Å². The Morgan fingerprint density at radius 3 is 2.63 bits per heavy atom. The van der Waals surface area contributed by atoms with E-state index in [2.05, 4.69) is 25.1 Å². The molecular weight excluding hydrogens is 234 g/mol. The van der Waals surface area contributed by atoms with Gasteiger partial charge in [0.05, 0.1) is 19.1 Å². The van der Waals surface area contributed by atoms with Crippen molar-refractivity contribution in [3.63, 3.8) is 0 Å². The van der Waals surface area contributed by atoms with E-state index in [-0.39, 0.29) is 5.92 Å². The second-order valence-corrected chi connectivity index (χ2v) is 5.43. The first-order chi connectivity index (χ1) is 9.30. The highest BCUT2D eigenvalue weighted by atomic mass is 16.5. The third-order valence-corrected chi connectivity index (χ3v) is 4.30. The lowest BCUT2D eigenvalue weighted by Gasteiger charge is -2.26. The van der Waals surface area contributed by atoms with Crippen LogP contribution in [0.5, 0.6) is 5.75 Å². The van der Waals surface area contributed by atoms with Crippen LogP contribution in [0, 0.1) is 17.2 Å². The second kappa shape index (κ2) is 6.61. The number of nitrogens with zero attached hydrogens (tertiary/aromatic N) is 1. The maximum Gasteiger partial charge on any atom is 0.122 e. The van der Waals surface area contributed by atoms with E-state index in [1.807, 2.05) is 6.07 Å². The lowest BCUT2D eigenvalue weighted by atomic mass is 9.77. The molecule has 0 heterocycles. The van der Waals surface area contributed by atoms with Crippen LogP contribution >= 0.6 is 0 Å². The standard InChI is InChI=1S/C17H23NO/c1-3-13-11-15(9-10-17(13)19-2)16(12-18)14-7-5-4-6-8-14/h9-11,14,16H,3-8H2,1-2H3. The molecule has 0 aromatic heterocycles. The minimum atomic E-state index is 0.0523. The Balaban J connectivity index is 2.25. The SMILES string of the molecule is CCc1cc(C(C#N)C2CCCCC2)ccc1OC. The number of nitriles is 1. The Kier molecular flexibility index (Phi) is 4.85. The van der Waals surface area contributed by atoms with E-state index in [1.54, 1.807) is 7.11 Å². The quantitative estimate of drug-likeness (QED) is 0.798. The largest absolute Gasteiger partial charge is 0.496 e. The average Bonchev–Trinajstić information content (AvgIpc) is 2.49. The molecule has 0 bridgehead atoms. The lowest BCUT2D eigenvalue weighted by Crippen LogP contribution is -2.15. The molecule has 1 aromatic rings. The van der Waals surface area contributed by atoms with Crippen LogP contribution in [0.4, 0.5) is 0 Å².